The van der Waals surface area contributed by atoms with Gasteiger partial charge in [-0.05, 0) is 42.8 Å². The van der Waals surface area contributed by atoms with E-state index in [1.54, 1.807) is 37.4 Å². The number of carbonyl (C=O) groups is 1. The molecule has 0 spiro atoms. The molecule has 110 valence electrons. The lowest BCUT2D eigenvalue weighted by molar-refractivity contribution is -0.118. The minimum atomic E-state index is -0.264. The number of aryl methyl sites for hydroxylation is 1. The van der Waals surface area contributed by atoms with E-state index in [4.69, 9.17) is 21.1 Å². The third-order valence-electron chi connectivity index (χ3n) is 2.79. The van der Waals surface area contributed by atoms with Gasteiger partial charge in [0.2, 0.25) is 0 Å². The van der Waals surface area contributed by atoms with Crippen molar-refractivity contribution in [1.82, 2.24) is 0 Å². The Morgan fingerprint density at radius 3 is 2.71 bits per heavy atom. The number of benzene rings is 2. The van der Waals surface area contributed by atoms with Gasteiger partial charge in [-0.15, -0.1) is 0 Å². The maximum Gasteiger partial charge on any atom is 0.262 e. The molecule has 1 amide bonds. The number of amides is 1. The highest BCUT2D eigenvalue weighted by atomic mass is 35.5. The largest absolute Gasteiger partial charge is 0.493 e. The summed E-state index contributed by atoms with van der Waals surface area (Å²) in [5.41, 5.74) is 1.69. The topological polar surface area (TPSA) is 47.6 Å². The molecule has 0 aliphatic carbocycles. The minimum Gasteiger partial charge on any atom is -0.493 e. The van der Waals surface area contributed by atoms with Gasteiger partial charge in [0, 0.05) is 10.7 Å². The predicted molar refractivity (Wildman–Crippen MR) is 83.3 cm³/mol. The molecular formula is C16H16ClNO3. The molecule has 2 aromatic carbocycles. The van der Waals surface area contributed by atoms with Gasteiger partial charge in [0.1, 0.15) is 0 Å². The van der Waals surface area contributed by atoms with Crippen LogP contribution in [0.5, 0.6) is 11.5 Å². The Morgan fingerprint density at radius 1 is 1.19 bits per heavy atom. The second-order valence-electron chi connectivity index (χ2n) is 4.50. The van der Waals surface area contributed by atoms with E-state index in [1.807, 2.05) is 19.1 Å². The van der Waals surface area contributed by atoms with Gasteiger partial charge in [0.05, 0.1) is 7.11 Å². The summed E-state index contributed by atoms with van der Waals surface area (Å²) in [4.78, 5) is 11.8. The molecule has 5 heteroatoms. The quantitative estimate of drug-likeness (QED) is 0.916. The van der Waals surface area contributed by atoms with Crippen molar-refractivity contribution in [3.63, 3.8) is 0 Å². The second-order valence-corrected chi connectivity index (χ2v) is 4.94. The van der Waals surface area contributed by atoms with Gasteiger partial charge < -0.3 is 14.8 Å². The molecule has 0 saturated heterocycles. The lowest BCUT2D eigenvalue weighted by Crippen LogP contribution is -2.20. The van der Waals surface area contributed by atoms with Crippen molar-refractivity contribution in [3.05, 3.63) is 53.1 Å². The van der Waals surface area contributed by atoms with E-state index in [1.165, 1.54) is 0 Å². The Kier molecular flexibility index (Phi) is 5.06. The number of carbonyl (C=O) groups excluding carboxylic acids is 1. The van der Waals surface area contributed by atoms with Crippen LogP contribution in [0.3, 0.4) is 0 Å². The second kappa shape index (κ2) is 6.99. The van der Waals surface area contributed by atoms with Gasteiger partial charge in [0.15, 0.2) is 18.1 Å². The summed E-state index contributed by atoms with van der Waals surface area (Å²) in [6.07, 6.45) is 0. The smallest absolute Gasteiger partial charge is 0.262 e. The van der Waals surface area contributed by atoms with E-state index in [0.29, 0.717) is 22.2 Å². The number of methoxy groups -OCH3 is 1. The maximum absolute atomic E-state index is 11.8. The van der Waals surface area contributed by atoms with Crippen molar-refractivity contribution >= 4 is 23.2 Å². The zero-order valence-electron chi connectivity index (χ0n) is 11.9. The van der Waals surface area contributed by atoms with Crippen LogP contribution in [-0.4, -0.2) is 19.6 Å². The number of anilines is 1. The average molecular weight is 306 g/mol. The van der Waals surface area contributed by atoms with Gasteiger partial charge >= 0.3 is 0 Å². The molecule has 0 aliphatic rings. The van der Waals surface area contributed by atoms with E-state index >= 15 is 0 Å². The molecular weight excluding hydrogens is 290 g/mol. The van der Waals surface area contributed by atoms with Crippen LogP contribution < -0.4 is 14.8 Å². The van der Waals surface area contributed by atoms with Gasteiger partial charge in [-0.2, -0.15) is 0 Å². The highest BCUT2D eigenvalue weighted by Gasteiger charge is 2.08. The summed E-state index contributed by atoms with van der Waals surface area (Å²) in [6.45, 7) is 1.85. The highest BCUT2D eigenvalue weighted by Crippen LogP contribution is 2.27. The summed E-state index contributed by atoms with van der Waals surface area (Å²) < 4.78 is 10.7. The maximum atomic E-state index is 11.8. The first-order valence-electron chi connectivity index (χ1n) is 6.41. The number of nitrogens with one attached hydrogen (secondary N) is 1. The normalized spacial score (nSPS) is 10.0. The fraction of sp³-hybridized carbons (Fsp3) is 0.188. The summed E-state index contributed by atoms with van der Waals surface area (Å²) in [7, 11) is 1.56. The first-order valence-corrected chi connectivity index (χ1v) is 6.79. The first kappa shape index (κ1) is 15.2. The van der Waals surface area contributed by atoms with Crippen molar-refractivity contribution in [2.45, 2.75) is 6.92 Å². The van der Waals surface area contributed by atoms with Crippen LogP contribution in [0.1, 0.15) is 5.56 Å². The Bertz CT molecular complexity index is 643. The molecule has 0 atom stereocenters. The van der Waals surface area contributed by atoms with Gasteiger partial charge in [-0.1, -0.05) is 23.7 Å². The van der Waals surface area contributed by atoms with Crippen LogP contribution in [0.15, 0.2) is 42.5 Å². The lowest BCUT2D eigenvalue weighted by Gasteiger charge is -2.11. The molecule has 0 saturated carbocycles. The summed E-state index contributed by atoms with van der Waals surface area (Å²) in [5, 5.41) is 3.28. The lowest BCUT2D eigenvalue weighted by atomic mass is 10.2. The molecule has 1 N–H and O–H groups in total. The summed E-state index contributed by atoms with van der Waals surface area (Å²) in [6, 6.07) is 12.5. The zero-order chi connectivity index (χ0) is 15.2. The molecule has 0 radical (unpaired) electrons. The minimum absolute atomic E-state index is 0.105. The number of ether oxygens (including phenoxy) is 2. The van der Waals surface area contributed by atoms with Crippen molar-refractivity contribution in [3.8, 4) is 11.5 Å². The molecule has 0 bridgehead atoms. The van der Waals surface area contributed by atoms with Crippen LogP contribution in [-0.2, 0) is 4.79 Å². The third kappa shape index (κ3) is 4.39. The van der Waals surface area contributed by atoms with Crippen molar-refractivity contribution in [1.29, 1.82) is 0 Å². The molecule has 0 aromatic heterocycles. The zero-order valence-corrected chi connectivity index (χ0v) is 12.6. The van der Waals surface area contributed by atoms with Crippen LogP contribution in [0, 0.1) is 6.92 Å². The van der Waals surface area contributed by atoms with Crippen LogP contribution in [0.4, 0.5) is 5.69 Å². The van der Waals surface area contributed by atoms with E-state index in [2.05, 4.69) is 5.32 Å². The summed E-state index contributed by atoms with van der Waals surface area (Å²) in [5.74, 6) is 0.870. The molecule has 0 unspecified atom stereocenters. The Morgan fingerprint density at radius 2 is 2.00 bits per heavy atom. The monoisotopic (exact) mass is 305 g/mol. The average Bonchev–Trinajstić information content (AvgIpc) is 2.45. The number of hydrogen-bond donors (Lipinski definition) is 1. The molecule has 4 nitrogen and oxygen atoms in total. The summed E-state index contributed by atoms with van der Waals surface area (Å²) >= 11 is 5.86. The Hall–Kier alpha value is -2.20. The van der Waals surface area contributed by atoms with E-state index in [0.717, 1.165) is 5.56 Å². The highest BCUT2D eigenvalue weighted by molar-refractivity contribution is 6.30. The number of halogens is 1. The molecule has 0 aliphatic heterocycles. The Labute approximate surface area is 128 Å². The molecule has 0 heterocycles. The Balaban J connectivity index is 1.95. The van der Waals surface area contributed by atoms with E-state index < -0.39 is 0 Å². The van der Waals surface area contributed by atoms with Crippen molar-refractivity contribution in [2.24, 2.45) is 0 Å². The standard InChI is InChI=1S/C16H16ClNO3/c1-11-6-7-14(15(8-11)20-2)21-10-16(19)18-13-5-3-4-12(17)9-13/h3-9H,10H2,1-2H3,(H,18,19). The van der Waals surface area contributed by atoms with E-state index in [-0.39, 0.29) is 12.5 Å². The van der Waals surface area contributed by atoms with Gasteiger partial charge in [-0.25, -0.2) is 0 Å². The third-order valence-corrected chi connectivity index (χ3v) is 3.02. The molecule has 2 rings (SSSR count). The first-order chi connectivity index (χ1) is 10.1. The van der Waals surface area contributed by atoms with Gasteiger partial charge in [-0.3, -0.25) is 4.79 Å². The van der Waals surface area contributed by atoms with Crippen LogP contribution >= 0.6 is 11.6 Å². The van der Waals surface area contributed by atoms with Crippen LogP contribution in [0.25, 0.3) is 0 Å². The van der Waals surface area contributed by atoms with Gasteiger partial charge in [0.25, 0.3) is 5.91 Å². The van der Waals surface area contributed by atoms with Crippen molar-refractivity contribution in [2.75, 3.05) is 19.0 Å². The number of hydrogen-bond acceptors (Lipinski definition) is 3. The van der Waals surface area contributed by atoms with E-state index in [9.17, 15) is 4.79 Å². The molecule has 0 fully saturated rings. The fourth-order valence-corrected chi connectivity index (χ4v) is 1.99. The SMILES string of the molecule is COc1cc(C)ccc1OCC(=O)Nc1cccc(Cl)c1. The predicted octanol–water partition coefficient (Wildman–Crippen LogP) is 3.67. The molecule has 2 aromatic rings. The fourth-order valence-electron chi connectivity index (χ4n) is 1.80. The molecule has 21 heavy (non-hydrogen) atoms. The van der Waals surface area contributed by atoms with Crippen molar-refractivity contribution < 1.29 is 14.3 Å². The number of rotatable bonds is 5. The van der Waals surface area contributed by atoms with Crippen LogP contribution in [0.2, 0.25) is 5.02 Å².